The van der Waals surface area contributed by atoms with Crippen molar-refractivity contribution in [2.75, 3.05) is 27.4 Å². The van der Waals surface area contributed by atoms with Crippen LogP contribution in [0.15, 0.2) is 18.2 Å². The molecule has 0 unspecified atom stereocenters. The van der Waals surface area contributed by atoms with E-state index in [-0.39, 0.29) is 5.82 Å². The Kier molecular flexibility index (Phi) is 8.25. The van der Waals surface area contributed by atoms with Crippen molar-refractivity contribution < 1.29 is 18.6 Å². The molecule has 1 aromatic rings. The normalized spacial score (nSPS) is 9.06. The molecule has 92 valence electrons. The monoisotopic (exact) mass is 230 g/mol. The lowest BCUT2D eigenvalue weighted by molar-refractivity contribution is 0.144. The maximum absolute atomic E-state index is 12.8. The zero-order valence-corrected chi connectivity index (χ0v) is 10.2. The predicted molar refractivity (Wildman–Crippen MR) is 61.7 cm³/mol. The first-order chi connectivity index (χ1) is 7.77. The van der Waals surface area contributed by atoms with Crippen molar-refractivity contribution in [3.8, 4) is 11.5 Å². The van der Waals surface area contributed by atoms with Gasteiger partial charge in [0.05, 0.1) is 13.7 Å². The summed E-state index contributed by atoms with van der Waals surface area (Å²) in [6.45, 7) is 4.90. The van der Waals surface area contributed by atoms with Gasteiger partial charge in [-0.2, -0.15) is 0 Å². The van der Waals surface area contributed by atoms with Crippen molar-refractivity contribution in [1.82, 2.24) is 0 Å². The zero-order chi connectivity index (χ0) is 12.4. The largest absolute Gasteiger partial charge is 0.493 e. The molecule has 0 N–H and O–H groups in total. The third-order valence-electron chi connectivity index (χ3n) is 1.67. The fourth-order valence-corrected chi connectivity index (χ4v) is 0.996. The fraction of sp³-hybridized carbons (Fsp3) is 0.500. The van der Waals surface area contributed by atoms with Gasteiger partial charge in [0.1, 0.15) is 12.4 Å². The third-order valence-corrected chi connectivity index (χ3v) is 1.67. The van der Waals surface area contributed by atoms with E-state index in [1.54, 1.807) is 7.11 Å². The molecule has 0 spiro atoms. The minimum Gasteiger partial charge on any atom is -0.493 e. The van der Waals surface area contributed by atoms with Gasteiger partial charge in [0, 0.05) is 13.2 Å². The summed E-state index contributed by atoms with van der Waals surface area (Å²) in [5, 5.41) is 0. The number of hydrogen-bond acceptors (Lipinski definition) is 3. The fourth-order valence-electron chi connectivity index (χ4n) is 0.996. The molecule has 0 saturated heterocycles. The first-order valence-corrected chi connectivity index (χ1v) is 5.23. The summed E-state index contributed by atoms with van der Waals surface area (Å²) >= 11 is 0. The lowest BCUT2D eigenvalue weighted by Gasteiger charge is -2.09. The van der Waals surface area contributed by atoms with Gasteiger partial charge >= 0.3 is 0 Å². The van der Waals surface area contributed by atoms with E-state index in [9.17, 15) is 4.39 Å². The topological polar surface area (TPSA) is 27.7 Å². The number of rotatable bonds is 5. The Bertz CT molecular complexity index is 290. The van der Waals surface area contributed by atoms with E-state index in [0.29, 0.717) is 24.7 Å². The van der Waals surface area contributed by atoms with Gasteiger partial charge in [0.15, 0.2) is 11.5 Å². The molecule has 0 bridgehead atoms. The highest BCUT2D eigenvalue weighted by Gasteiger charge is 2.04. The number of hydrogen-bond donors (Lipinski definition) is 0. The van der Waals surface area contributed by atoms with Crippen LogP contribution in [0.1, 0.15) is 13.8 Å². The molecular formula is C12H19FO3. The average molecular weight is 230 g/mol. The number of methoxy groups -OCH3 is 2. The quantitative estimate of drug-likeness (QED) is 0.728. The van der Waals surface area contributed by atoms with Crippen LogP contribution in [0.4, 0.5) is 4.39 Å². The number of benzene rings is 1. The molecule has 0 fully saturated rings. The molecule has 0 amide bonds. The minimum atomic E-state index is -0.346. The second-order valence-corrected chi connectivity index (χ2v) is 2.64. The maximum atomic E-state index is 12.8. The summed E-state index contributed by atoms with van der Waals surface area (Å²) in [6.07, 6.45) is 0. The molecule has 16 heavy (non-hydrogen) atoms. The maximum Gasteiger partial charge on any atom is 0.163 e. The first-order valence-electron chi connectivity index (χ1n) is 5.23. The molecule has 3 nitrogen and oxygen atoms in total. The highest BCUT2D eigenvalue weighted by molar-refractivity contribution is 5.39. The predicted octanol–water partition coefficient (Wildman–Crippen LogP) is 2.89. The van der Waals surface area contributed by atoms with Crippen molar-refractivity contribution in [1.29, 1.82) is 0 Å². The van der Waals surface area contributed by atoms with Gasteiger partial charge in [-0.15, -0.1) is 0 Å². The molecule has 0 aliphatic heterocycles. The van der Waals surface area contributed by atoms with Crippen LogP contribution in [0.25, 0.3) is 0 Å². The van der Waals surface area contributed by atoms with Crippen LogP contribution >= 0.6 is 0 Å². The van der Waals surface area contributed by atoms with Crippen molar-refractivity contribution in [2.45, 2.75) is 13.8 Å². The van der Waals surface area contributed by atoms with Gasteiger partial charge < -0.3 is 14.2 Å². The Labute approximate surface area is 96.1 Å². The second kappa shape index (κ2) is 8.97. The number of ether oxygens (including phenoxy) is 3. The summed E-state index contributed by atoms with van der Waals surface area (Å²) in [4.78, 5) is 0. The van der Waals surface area contributed by atoms with E-state index >= 15 is 0 Å². The molecular weight excluding hydrogens is 211 g/mol. The highest BCUT2D eigenvalue weighted by Crippen LogP contribution is 2.27. The van der Waals surface area contributed by atoms with E-state index in [2.05, 4.69) is 0 Å². The molecule has 0 radical (unpaired) electrons. The van der Waals surface area contributed by atoms with Crippen LogP contribution in [0, 0.1) is 5.82 Å². The van der Waals surface area contributed by atoms with Gasteiger partial charge in [-0.25, -0.2) is 4.39 Å². The molecule has 4 heteroatoms. The van der Waals surface area contributed by atoms with E-state index in [0.717, 1.165) is 0 Å². The zero-order valence-electron chi connectivity index (χ0n) is 10.2. The van der Waals surface area contributed by atoms with Crippen LogP contribution in [0.2, 0.25) is 0 Å². The lowest BCUT2D eigenvalue weighted by Crippen LogP contribution is -2.05. The lowest BCUT2D eigenvalue weighted by atomic mass is 10.3. The molecule has 1 rings (SSSR count). The van der Waals surface area contributed by atoms with Gasteiger partial charge in [-0.05, 0) is 12.1 Å². The average Bonchev–Trinajstić information content (AvgIpc) is 2.33. The highest BCUT2D eigenvalue weighted by atomic mass is 19.1. The van der Waals surface area contributed by atoms with Crippen LogP contribution in [0.5, 0.6) is 11.5 Å². The van der Waals surface area contributed by atoms with Gasteiger partial charge in [-0.1, -0.05) is 13.8 Å². The SMILES string of the molecule is CC.COCCOc1ccc(F)cc1OC. The van der Waals surface area contributed by atoms with Crippen LogP contribution in [-0.2, 0) is 4.74 Å². The summed E-state index contributed by atoms with van der Waals surface area (Å²) < 4.78 is 27.8. The molecule has 0 aliphatic rings. The Morgan fingerprint density at radius 2 is 1.75 bits per heavy atom. The summed E-state index contributed by atoms with van der Waals surface area (Å²) in [5.41, 5.74) is 0. The van der Waals surface area contributed by atoms with Crippen LogP contribution in [-0.4, -0.2) is 27.4 Å². The van der Waals surface area contributed by atoms with E-state index in [1.165, 1.54) is 25.3 Å². The minimum absolute atomic E-state index is 0.346. The molecule has 0 aromatic heterocycles. The van der Waals surface area contributed by atoms with Crippen molar-refractivity contribution in [3.63, 3.8) is 0 Å². The van der Waals surface area contributed by atoms with E-state index < -0.39 is 0 Å². The molecule has 0 aliphatic carbocycles. The van der Waals surface area contributed by atoms with Gasteiger partial charge in [0.2, 0.25) is 0 Å². The summed E-state index contributed by atoms with van der Waals surface area (Å²) in [6, 6.07) is 4.14. The Hall–Kier alpha value is -1.29. The van der Waals surface area contributed by atoms with Crippen LogP contribution < -0.4 is 9.47 Å². The summed E-state index contributed by atoms with van der Waals surface area (Å²) in [7, 11) is 3.06. The Balaban J connectivity index is 0.00000106. The summed E-state index contributed by atoms with van der Waals surface area (Å²) in [5.74, 6) is 0.563. The number of halogens is 1. The second-order valence-electron chi connectivity index (χ2n) is 2.64. The smallest absolute Gasteiger partial charge is 0.163 e. The standard InChI is InChI=1S/C10H13FO3.C2H6/c1-12-5-6-14-9-4-3-8(11)7-10(9)13-2;1-2/h3-4,7H,5-6H2,1-2H3;1-2H3. The third kappa shape index (κ3) is 4.98. The van der Waals surface area contributed by atoms with Crippen molar-refractivity contribution in [3.05, 3.63) is 24.0 Å². The Morgan fingerprint density at radius 1 is 1.06 bits per heavy atom. The van der Waals surface area contributed by atoms with Gasteiger partial charge in [-0.3, -0.25) is 0 Å². The van der Waals surface area contributed by atoms with E-state index in [4.69, 9.17) is 14.2 Å². The first kappa shape index (κ1) is 14.7. The van der Waals surface area contributed by atoms with Crippen LogP contribution in [0.3, 0.4) is 0 Å². The van der Waals surface area contributed by atoms with Crippen molar-refractivity contribution in [2.24, 2.45) is 0 Å². The molecule has 0 atom stereocenters. The molecule has 0 saturated carbocycles. The Morgan fingerprint density at radius 3 is 2.31 bits per heavy atom. The van der Waals surface area contributed by atoms with E-state index in [1.807, 2.05) is 13.8 Å². The van der Waals surface area contributed by atoms with Gasteiger partial charge in [0.25, 0.3) is 0 Å². The van der Waals surface area contributed by atoms with Crippen molar-refractivity contribution >= 4 is 0 Å². The molecule has 1 aromatic carbocycles. The molecule has 0 heterocycles.